The van der Waals surface area contributed by atoms with E-state index in [0.29, 0.717) is 25.5 Å². The lowest BCUT2D eigenvalue weighted by Crippen LogP contribution is -2.28. The smallest absolute Gasteiger partial charge is 0.317 e. The van der Waals surface area contributed by atoms with Crippen LogP contribution in [0.5, 0.6) is 5.75 Å². The third-order valence-corrected chi connectivity index (χ3v) is 3.30. The topological polar surface area (TPSA) is 92.0 Å². The van der Waals surface area contributed by atoms with Gasteiger partial charge in [-0.25, -0.2) is 0 Å². The van der Waals surface area contributed by atoms with Gasteiger partial charge in [0.05, 0.1) is 12.2 Å². The van der Waals surface area contributed by atoms with Gasteiger partial charge in [-0.3, -0.25) is 14.5 Å². The fraction of sp³-hybridized carbons (Fsp3) is 0.600. The van der Waals surface area contributed by atoms with Gasteiger partial charge in [-0.1, -0.05) is 0 Å². The summed E-state index contributed by atoms with van der Waals surface area (Å²) in [6.45, 7) is 5.56. The summed E-state index contributed by atoms with van der Waals surface area (Å²) < 4.78 is 7.14. The van der Waals surface area contributed by atoms with E-state index in [4.69, 9.17) is 9.84 Å². The van der Waals surface area contributed by atoms with Crippen molar-refractivity contribution < 1.29 is 19.7 Å². The van der Waals surface area contributed by atoms with Crippen LogP contribution in [0.2, 0.25) is 0 Å². The molecule has 124 valence electrons. The van der Waals surface area contributed by atoms with Crippen molar-refractivity contribution in [3.8, 4) is 5.75 Å². The Kier molecular flexibility index (Phi) is 7.07. The second kappa shape index (κ2) is 8.55. The second-order valence-electron chi connectivity index (χ2n) is 5.21. The monoisotopic (exact) mass is 312 g/mol. The lowest BCUT2D eigenvalue weighted by molar-refractivity contribution is -0.138. The van der Waals surface area contributed by atoms with Crippen LogP contribution >= 0.6 is 0 Å². The number of carbonyl (C=O) groups is 1. The largest absolute Gasteiger partial charge is 0.503 e. The third kappa shape index (κ3) is 5.16. The van der Waals surface area contributed by atoms with Gasteiger partial charge in [0.15, 0.2) is 5.75 Å². The Labute approximate surface area is 129 Å². The second-order valence-corrected chi connectivity index (χ2v) is 5.21. The predicted octanol–water partition coefficient (Wildman–Crippen LogP) is 0.805. The normalized spacial score (nSPS) is 11.1. The molecule has 1 aromatic rings. The Morgan fingerprint density at radius 3 is 2.73 bits per heavy atom. The van der Waals surface area contributed by atoms with E-state index in [9.17, 15) is 14.7 Å². The number of aliphatic carboxylic acids is 1. The molecule has 0 saturated carbocycles. The number of likely N-dealkylation sites (N-methyl/N-ethyl adjacent to an activating group) is 1. The van der Waals surface area contributed by atoms with Gasteiger partial charge in [-0.05, 0) is 27.3 Å². The number of carboxylic acids is 1. The van der Waals surface area contributed by atoms with Crippen LogP contribution in [-0.2, 0) is 22.6 Å². The summed E-state index contributed by atoms with van der Waals surface area (Å²) in [4.78, 5) is 24.1. The summed E-state index contributed by atoms with van der Waals surface area (Å²) >= 11 is 0. The average Bonchev–Trinajstić information content (AvgIpc) is 2.42. The fourth-order valence-corrected chi connectivity index (χ4v) is 2.30. The van der Waals surface area contributed by atoms with Gasteiger partial charge >= 0.3 is 5.97 Å². The summed E-state index contributed by atoms with van der Waals surface area (Å²) in [5.41, 5.74) is 0.723. The number of rotatable bonds is 9. The zero-order chi connectivity index (χ0) is 16.7. The maximum absolute atomic E-state index is 11.8. The van der Waals surface area contributed by atoms with Crippen LogP contribution in [0.1, 0.15) is 24.7 Å². The van der Waals surface area contributed by atoms with Crippen molar-refractivity contribution >= 4 is 5.97 Å². The molecule has 0 aliphatic heterocycles. The first-order valence-corrected chi connectivity index (χ1v) is 7.27. The van der Waals surface area contributed by atoms with E-state index in [1.807, 2.05) is 11.5 Å². The summed E-state index contributed by atoms with van der Waals surface area (Å²) in [7, 11) is 1.63. The molecule has 0 atom stereocenters. The minimum atomic E-state index is -0.958. The van der Waals surface area contributed by atoms with Crippen molar-refractivity contribution in [2.24, 2.45) is 0 Å². The Bertz CT molecular complexity index is 568. The van der Waals surface area contributed by atoms with Crippen LogP contribution in [0.4, 0.5) is 0 Å². The van der Waals surface area contributed by atoms with E-state index >= 15 is 0 Å². The number of hydrogen-bond donors (Lipinski definition) is 2. The molecule has 0 amide bonds. The minimum absolute atomic E-state index is 0.166. The Balaban J connectivity index is 3.00. The fourth-order valence-electron chi connectivity index (χ4n) is 2.30. The van der Waals surface area contributed by atoms with Gasteiger partial charge in [-0.2, -0.15) is 0 Å². The highest BCUT2D eigenvalue weighted by Gasteiger charge is 2.16. The van der Waals surface area contributed by atoms with Crippen molar-refractivity contribution in [1.82, 2.24) is 9.47 Å². The first-order valence-electron chi connectivity index (χ1n) is 7.27. The number of aromatic hydroxyl groups is 1. The highest BCUT2D eigenvalue weighted by Crippen LogP contribution is 2.17. The van der Waals surface area contributed by atoms with Gasteiger partial charge in [0, 0.05) is 38.1 Å². The van der Waals surface area contributed by atoms with Crippen molar-refractivity contribution in [3.63, 3.8) is 0 Å². The van der Waals surface area contributed by atoms with Gasteiger partial charge in [0.25, 0.3) is 0 Å². The average molecular weight is 312 g/mol. The highest BCUT2D eigenvalue weighted by atomic mass is 16.5. The quantitative estimate of drug-likeness (QED) is 0.656. The number of aryl methyl sites for hydroxylation is 1. The molecular weight excluding hydrogens is 288 g/mol. The maximum Gasteiger partial charge on any atom is 0.317 e. The number of ether oxygens (including phenoxy) is 1. The highest BCUT2D eigenvalue weighted by molar-refractivity contribution is 5.69. The van der Waals surface area contributed by atoms with E-state index in [0.717, 1.165) is 12.1 Å². The van der Waals surface area contributed by atoms with E-state index < -0.39 is 11.4 Å². The number of aromatic nitrogens is 1. The van der Waals surface area contributed by atoms with E-state index in [1.54, 1.807) is 14.0 Å². The molecule has 1 heterocycles. The number of nitrogens with zero attached hydrogens (tertiary/aromatic N) is 2. The van der Waals surface area contributed by atoms with Gasteiger partial charge < -0.3 is 19.5 Å². The maximum atomic E-state index is 11.8. The standard InChI is InChI=1S/C15H24N2O5/c1-4-22-7-5-6-17-11(2)8-13(18)15(21)12(17)9-16(3)10-14(19)20/h8,21H,4-7,9-10H2,1-3H3,(H,19,20). The molecule has 0 bridgehead atoms. The molecule has 0 radical (unpaired) electrons. The van der Waals surface area contributed by atoms with E-state index in [-0.39, 0.29) is 18.8 Å². The first-order chi connectivity index (χ1) is 10.4. The lowest BCUT2D eigenvalue weighted by atomic mass is 10.2. The molecule has 1 aromatic heterocycles. The van der Waals surface area contributed by atoms with Gasteiger partial charge in [0.2, 0.25) is 5.43 Å². The molecule has 0 unspecified atom stereocenters. The minimum Gasteiger partial charge on any atom is -0.503 e. The molecular formula is C15H24N2O5. The number of pyridine rings is 1. The van der Waals surface area contributed by atoms with Gasteiger partial charge in [0.1, 0.15) is 0 Å². The van der Waals surface area contributed by atoms with Crippen LogP contribution < -0.4 is 5.43 Å². The van der Waals surface area contributed by atoms with Crippen LogP contribution in [0, 0.1) is 6.92 Å². The molecule has 7 heteroatoms. The van der Waals surface area contributed by atoms with E-state index in [1.165, 1.54) is 11.0 Å². The molecule has 1 rings (SSSR count). The summed E-state index contributed by atoms with van der Waals surface area (Å²) in [5.74, 6) is -1.28. The summed E-state index contributed by atoms with van der Waals surface area (Å²) in [5, 5.41) is 18.9. The lowest BCUT2D eigenvalue weighted by Gasteiger charge is -2.21. The molecule has 22 heavy (non-hydrogen) atoms. The Hall–Kier alpha value is -1.86. The molecule has 0 spiro atoms. The molecule has 0 aromatic carbocycles. The molecule has 2 N–H and O–H groups in total. The molecule has 0 aliphatic rings. The van der Waals surface area contributed by atoms with Crippen LogP contribution in [0.15, 0.2) is 10.9 Å². The zero-order valence-electron chi connectivity index (χ0n) is 13.3. The van der Waals surface area contributed by atoms with Crippen LogP contribution in [-0.4, -0.2) is 52.5 Å². The van der Waals surface area contributed by atoms with Crippen molar-refractivity contribution in [1.29, 1.82) is 0 Å². The molecule has 0 saturated heterocycles. The van der Waals surface area contributed by atoms with Crippen molar-refractivity contribution in [2.75, 3.05) is 26.8 Å². The molecule has 0 fully saturated rings. The zero-order valence-corrected chi connectivity index (χ0v) is 13.3. The van der Waals surface area contributed by atoms with Gasteiger partial charge in [-0.15, -0.1) is 0 Å². The predicted molar refractivity (Wildman–Crippen MR) is 82.2 cm³/mol. The number of carboxylic acid groups (broad SMARTS) is 1. The first kappa shape index (κ1) is 18.2. The SMILES string of the molecule is CCOCCCn1c(C)cc(=O)c(O)c1CN(C)CC(=O)O. The molecule has 7 nitrogen and oxygen atoms in total. The summed E-state index contributed by atoms with van der Waals surface area (Å²) in [6, 6.07) is 1.39. The van der Waals surface area contributed by atoms with Crippen LogP contribution in [0.25, 0.3) is 0 Å². The Morgan fingerprint density at radius 2 is 2.14 bits per heavy atom. The van der Waals surface area contributed by atoms with Crippen molar-refractivity contribution in [2.45, 2.75) is 33.4 Å². The third-order valence-electron chi connectivity index (χ3n) is 3.30. The Morgan fingerprint density at radius 1 is 1.45 bits per heavy atom. The molecule has 0 aliphatic carbocycles. The van der Waals surface area contributed by atoms with Crippen LogP contribution in [0.3, 0.4) is 0 Å². The summed E-state index contributed by atoms with van der Waals surface area (Å²) in [6.07, 6.45) is 0.743. The van der Waals surface area contributed by atoms with E-state index in [2.05, 4.69) is 0 Å². The van der Waals surface area contributed by atoms with Crippen molar-refractivity contribution in [3.05, 3.63) is 27.7 Å². The number of hydrogen-bond acceptors (Lipinski definition) is 5.